The van der Waals surface area contributed by atoms with Gasteiger partial charge in [0, 0.05) is 19.1 Å². The van der Waals surface area contributed by atoms with Crippen LogP contribution < -0.4 is 10.1 Å². The van der Waals surface area contributed by atoms with Crippen LogP contribution in [0.25, 0.3) is 0 Å². The average Bonchev–Trinajstić information content (AvgIpc) is 2.35. The topological polar surface area (TPSA) is 30.5 Å². The van der Waals surface area contributed by atoms with Gasteiger partial charge in [0.1, 0.15) is 23.8 Å². The molecule has 0 bridgehead atoms. The number of aryl methyl sites for hydroxylation is 1. The molecule has 0 spiro atoms. The first-order chi connectivity index (χ1) is 8.65. The van der Waals surface area contributed by atoms with Crippen LogP contribution in [-0.4, -0.2) is 31.9 Å². The van der Waals surface area contributed by atoms with Gasteiger partial charge in [-0.1, -0.05) is 0 Å². The van der Waals surface area contributed by atoms with Crippen LogP contribution in [0.3, 0.4) is 0 Å². The van der Waals surface area contributed by atoms with E-state index in [-0.39, 0.29) is 18.0 Å². The Kier molecular flexibility index (Phi) is 4.19. The standard InChI is InChI=1S/C14H20FNO2/c1-4-17-14-12(16-3)8-13(14)18-10-5-6-11(15)9(2)7-10/h5-7,12-14,16H,4,8H2,1-3H3. The van der Waals surface area contributed by atoms with Gasteiger partial charge in [-0.3, -0.25) is 0 Å². The van der Waals surface area contributed by atoms with Gasteiger partial charge in [-0.25, -0.2) is 4.39 Å². The molecule has 100 valence electrons. The van der Waals surface area contributed by atoms with Crippen LogP contribution in [0.2, 0.25) is 0 Å². The number of hydrogen-bond donors (Lipinski definition) is 1. The van der Waals surface area contributed by atoms with Gasteiger partial charge in [-0.2, -0.15) is 0 Å². The molecule has 1 aliphatic rings. The fourth-order valence-electron chi connectivity index (χ4n) is 2.26. The Bertz CT molecular complexity index is 411. The van der Waals surface area contributed by atoms with E-state index >= 15 is 0 Å². The van der Waals surface area contributed by atoms with Crippen molar-refractivity contribution in [2.45, 2.75) is 38.5 Å². The molecule has 1 aliphatic carbocycles. The summed E-state index contributed by atoms with van der Waals surface area (Å²) in [5, 5.41) is 3.21. The molecule has 1 N–H and O–H groups in total. The van der Waals surface area contributed by atoms with Crippen molar-refractivity contribution in [3.05, 3.63) is 29.6 Å². The lowest BCUT2D eigenvalue weighted by Crippen LogP contribution is -2.60. The van der Waals surface area contributed by atoms with Crippen molar-refractivity contribution in [1.29, 1.82) is 0 Å². The van der Waals surface area contributed by atoms with Gasteiger partial charge < -0.3 is 14.8 Å². The molecular weight excluding hydrogens is 233 g/mol. The number of halogens is 1. The zero-order valence-electron chi connectivity index (χ0n) is 11.1. The van der Waals surface area contributed by atoms with Crippen LogP contribution in [-0.2, 0) is 4.74 Å². The summed E-state index contributed by atoms with van der Waals surface area (Å²) in [6, 6.07) is 5.17. The Hall–Kier alpha value is -1.13. The second-order valence-electron chi connectivity index (χ2n) is 4.62. The third-order valence-corrected chi connectivity index (χ3v) is 3.40. The zero-order valence-corrected chi connectivity index (χ0v) is 11.1. The highest BCUT2D eigenvalue weighted by Gasteiger charge is 2.42. The zero-order chi connectivity index (χ0) is 13.1. The van der Waals surface area contributed by atoms with Crippen molar-refractivity contribution in [2.24, 2.45) is 0 Å². The average molecular weight is 253 g/mol. The van der Waals surface area contributed by atoms with E-state index in [4.69, 9.17) is 9.47 Å². The Morgan fingerprint density at radius 2 is 2.22 bits per heavy atom. The summed E-state index contributed by atoms with van der Waals surface area (Å²) in [6.45, 7) is 4.38. The summed E-state index contributed by atoms with van der Waals surface area (Å²) in [5.74, 6) is 0.503. The Labute approximate surface area is 107 Å². The van der Waals surface area contributed by atoms with Crippen molar-refractivity contribution in [3.8, 4) is 5.75 Å². The minimum absolute atomic E-state index is 0.0484. The summed E-state index contributed by atoms with van der Waals surface area (Å²) >= 11 is 0. The SMILES string of the molecule is CCOC1C(NC)CC1Oc1ccc(F)c(C)c1. The predicted molar refractivity (Wildman–Crippen MR) is 68.4 cm³/mol. The summed E-state index contributed by atoms with van der Waals surface area (Å²) in [5.41, 5.74) is 0.602. The van der Waals surface area contributed by atoms with Crippen LogP contribution in [0, 0.1) is 12.7 Å². The van der Waals surface area contributed by atoms with Gasteiger partial charge in [-0.05, 0) is 44.7 Å². The van der Waals surface area contributed by atoms with E-state index in [9.17, 15) is 4.39 Å². The predicted octanol–water partition coefficient (Wildman–Crippen LogP) is 2.28. The maximum absolute atomic E-state index is 13.2. The summed E-state index contributed by atoms with van der Waals surface area (Å²) in [4.78, 5) is 0. The van der Waals surface area contributed by atoms with E-state index in [1.165, 1.54) is 6.07 Å². The number of ether oxygens (including phenoxy) is 2. The number of rotatable bonds is 5. The van der Waals surface area contributed by atoms with Crippen LogP contribution in [0.1, 0.15) is 18.9 Å². The lowest BCUT2D eigenvalue weighted by Gasteiger charge is -2.43. The molecule has 18 heavy (non-hydrogen) atoms. The molecule has 0 aliphatic heterocycles. The normalized spacial score (nSPS) is 26.8. The molecule has 1 saturated carbocycles. The van der Waals surface area contributed by atoms with Gasteiger partial charge in [0.05, 0.1) is 0 Å². The Balaban J connectivity index is 1.99. The van der Waals surface area contributed by atoms with Crippen LogP contribution in [0.4, 0.5) is 4.39 Å². The quantitative estimate of drug-likeness (QED) is 0.873. The first-order valence-electron chi connectivity index (χ1n) is 6.37. The minimum atomic E-state index is -0.203. The number of hydrogen-bond acceptors (Lipinski definition) is 3. The highest BCUT2D eigenvalue weighted by Crippen LogP contribution is 2.29. The van der Waals surface area contributed by atoms with Gasteiger partial charge in [0.25, 0.3) is 0 Å². The molecule has 3 unspecified atom stereocenters. The van der Waals surface area contributed by atoms with Gasteiger partial charge in [0.2, 0.25) is 0 Å². The Morgan fingerprint density at radius 1 is 1.44 bits per heavy atom. The third kappa shape index (κ3) is 2.65. The number of likely N-dealkylation sites (N-methyl/N-ethyl adjacent to an activating group) is 1. The van der Waals surface area contributed by atoms with Gasteiger partial charge in [0.15, 0.2) is 0 Å². The minimum Gasteiger partial charge on any atom is -0.488 e. The third-order valence-electron chi connectivity index (χ3n) is 3.40. The van der Waals surface area contributed by atoms with Crippen molar-refractivity contribution < 1.29 is 13.9 Å². The van der Waals surface area contributed by atoms with Crippen LogP contribution in [0.5, 0.6) is 5.75 Å². The fourth-order valence-corrected chi connectivity index (χ4v) is 2.26. The molecule has 4 heteroatoms. The smallest absolute Gasteiger partial charge is 0.128 e. The van der Waals surface area contributed by atoms with Crippen molar-refractivity contribution in [1.82, 2.24) is 5.32 Å². The molecule has 2 rings (SSSR count). The molecular formula is C14H20FNO2. The second-order valence-corrected chi connectivity index (χ2v) is 4.62. The highest BCUT2D eigenvalue weighted by molar-refractivity contribution is 5.29. The summed E-state index contributed by atoms with van der Waals surface area (Å²) in [6.07, 6.45) is 1.04. The van der Waals surface area contributed by atoms with Crippen molar-refractivity contribution >= 4 is 0 Å². The van der Waals surface area contributed by atoms with E-state index < -0.39 is 0 Å². The van der Waals surface area contributed by atoms with E-state index in [1.807, 2.05) is 14.0 Å². The van der Waals surface area contributed by atoms with E-state index in [0.29, 0.717) is 24.0 Å². The second kappa shape index (κ2) is 5.67. The van der Waals surface area contributed by atoms with Crippen LogP contribution in [0.15, 0.2) is 18.2 Å². The maximum Gasteiger partial charge on any atom is 0.128 e. The summed E-state index contributed by atoms with van der Waals surface area (Å²) < 4.78 is 24.7. The van der Waals surface area contributed by atoms with E-state index in [2.05, 4.69) is 5.32 Å². The summed E-state index contributed by atoms with van der Waals surface area (Å²) in [7, 11) is 1.93. The molecule has 0 amide bonds. The van der Waals surface area contributed by atoms with E-state index in [0.717, 1.165) is 6.42 Å². The first-order valence-corrected chi connectivity index (χ1v) is 6.37. The maximum atomic E-state index is 13.2. The number of nitrogens with one attached hydrogen (secondary N) is 1. The molecule has 0 aromatic heterocycles. The molecule has 0 saturated heterocycles. The number of benzene rings is 1. The van der Waals surface area contributed by atoms with Gasteiger partial charge >= 0.3 is 0 Å². The molecule has 0 heterocycles. The van der Waals surface area contributed by atoms with Crippen LogP contribution >= 0.6 is 0 Å². The largest absolute Gasteiger partial charge is 0.488 e. The molecule has 1 aromatic rings. The van der Waals surface area contributed by atoms with Crippen molar-refractivity contribution in [2.75, 3.05) is 13.7 Å². The monoisotopic (exact) mass is 253 g/mol. The first kappa shape index (κ1) is 13.3. The lowest BCUT2D eigenvalue weighted by atomic mass is 9.85. The van der Waals surface area contributed by atoms with E-state index in [1.54, 1.807) is 19.1 Å². The molecule has 0 radical (unpaired) electrons. The molecule has 1 fully saturated rings. The Morgan fingerprint density at radius 3 is 2.83 bits per heavy atom. The highest BCUT2D eigenvalue weighted by atomic mass is 19.1. The molecule has 1 aromatic carbocycles. The molecule has 3 nitrogen and oxygen atoms in total. The fraction of sp³-hybridized carbons (Fsp3) is 0.571. The van der Waals surface area contributed by atoms with Gasteiger partial charge in [-0.15, -0.1) is 0 Å². The lowest BCUT2D eigenvalue weighted by molar-refractivity contribution is -0.103. The molecule has 3 atom stereocenters. The van der Waals surface area contributed by atoms with Crippen molar-refractivity contribution in [3.63, 3.8) is 0 Å².